The zero-order valence-electron chi connectivity index (χ0n) is 17.6. The summed E-state index contributed by atoms with van der Waals surface area (Å²) in [6.45, 7) is 0. The van der Waals surface area contributed by atoms with E-state index in [0.29, 0.717) is 17.2 Å². The SMILES string of the molecule is O=C(NN=Cc1ccccc1)c1ccccc1Nc1nccc(-c2c[nH]c3ccccc23)n1. The number of anilines is 2. The van der Waals surface area contributed by atoms with E-state index in [1.54, 1.807) is 30.6 Å². The summed E-state index contributed by atoms with van der Waals surface area (Å²) in [5.74, 6) is 0.0592. The Kier molecular flexibility index (Phi) is 5.59. The highest BCUT2D eigenvalue weighted by atomic mass is 16.2. The second kappa shape index (κ2) is 9.15. The van der Waals surface area contributed by atoms with Crippen LogP contribution < -0.4 is 10.7 Å². The minimum atomic E-state index is -0.335. The lowest BCUT2D eigenvalue weighted by Crippen LogP contribution is -2.19. The first-order valence-electron chi connectivity index (χ1n) is 10.4. The molecule has 0 aliphatic heterocycles. The van der Waals surface area contributed by atoms with E-state index >= 15 is 0 Å². The Bertz CT molecular complexity index is 1440. The molecule has 0 saturated carbocycles. The van der Waals surface area contributed by atoms with Crippen LogP contribution in [0.2, 0.25) is 0 Å². The van der Waals surface area contributed by atoms with Gasteiger partial charge in [0.15, 0.2) is 0 Å². The fourth-order valence-electron chi connectivity index (χ4n) is 3.53. The molecule has 0 bridgehead atoms. The maximum atomic E-state index is 12.7. The summed E-state index contributed by atoms with van der Waals surface area (Å²) in [6, 6.07) is 26.6. The Morgan fingerprint density at radius 1 is 0.909 bits per heavy atom. The number of hydrogen-bond donors (Lipinski definition) is 3. The van der Waals surface area contributed by atoms with Crippen molar-refractivity contribution < 1.29 is 4.79 Å². The van der Waals surface area contributed by atoms with E-state index in [-0.39, 0.29) is 5.91 Å². The van der Waals surface area contributed by atoms with Gasteiger partial charge in [0.1, 0.15) is 0 Å². The van der Waals surface area contributed by atoms with Crippen molar-refractivity contribution in [3.05, 3.63) is 108 Å². The fraction of sp³-hybridized carbons (Fsp3) is 0. The number of fused-ring (bicyclic) bond motifs is 1. The fourth-order valence-corrected chi connectivity index (χ4v) is 3.53. The van der Waals surface area contributed by atoms with Gasteiger partial charge >= 0.3 is 0 Å². The van der Waals surface area contributed by atoms with Crippen molar-refractivity contribution in [3.63, 3.8) is 0 Å². The monoisotopic (exact) mass is 432 g/mol. The summed E-state index contributed by atoms with van der Waals surface area (Å²) >= 11 is 0. The van der Waals surface area contributed by atoms with Crippen molar-refractivity contribution in [2.24, 2.45) is 5.10 Å². The number of H-pyrrole nitrogens is 1. The Labute approximate surface area is 190 Å². The maximum absolute atomic E-state index is 12.7. The van der Waals surface area contributed by atoms with Crippen molar-refractivity contribution in [1.82, 2.24) is 20.4 Å². The van der Waals surface area contributed by atoms with Gasteiger partial charge in [0.2, 0.25) is 5.95 Å². The van der Waals surface area contributed by atoms with Crippen LogP contribution in [0.15, 0.2) is 102 Å². The molecular formula is C26H20N6O. The molecule has 0 aliphatic rings. The highest BCUT2D eigenvalue weighted by molar-refractivity contribution is 6.00. The third-order valence-corrected chi connectivity index (χ3v) is 5.12. The predicted molar refractivity (Wildman–Crippen MR) is 131 cm³/mol. The van der Waals surface area contributed by atoms with E-state index in [9.17, 15) is 4.79 Å². The minimum absolute atomic E-state index is 0.335. The molecule has 0 radical (unpaired) electrons. The Balaban J connectivity index is 1.37. The Morgan fingerprint density at radius 3 is 2.61 bits per heavy atom. The van der Waals surface area contributed by atoms with Crippen LogP contribution in [0.5, 0.6) is 0 Å². The molecule has 5 aromatic rings. The molecule has 0 aliphatic carbocycles. The molecule has 5 rings (SSSR count). The molecule has 2 heterocycles. The van der Waals surface area contributed by atoms with Gasteiger partial charge in [-0.15, -0.1) is 0 Å². The number of para-hydroxylation sites is 2. The van der Waals surface area contributed by atoms with Crippen LogP contribution in [0.4, 0.5) is 11.6 Å². The normalized spacial score (nSPS) is 11.0. The lowest BCUT2D eigenvalue weighted by Gasteiger charge is -2.10. The third kappa shape index (κ3) is 4.47. The van der Waals surface area contributed by atoms with E-state index in [1.165, 1.54) is 0 Å². The van der Waals surface area contributed by atoms with Crippen LogP contribution in [0.25, 0.3) is 22.2 Å². The standard InChI is InChI=1S/C26H20N6O/c33-25(32-29-16-18-8-2-1-3-9-18)20-11-5-7-13-23(20)30-26-27-15-14-24(31-26)21-17-28-22-12-6-4-10-19(21)22/h1-17,28H,(H,32,33)(H,27,30,31). The second-order valence-corrected chi connectivity index (χ2v) is 7.29. The van der Waals surface area contributed by atoms with Crippen LogP contribution in [0.1, 0.15) is 15.9 Å². The number of amides is 1. The quantitative estimate of drug-likeness (QED) is 0.256. The van der Waals surface area contributed by atoms with Gasteiger partial charge in [-0.1, -0.05) is 60.7 Å². The molecule has 1 amide bonds. The summed E-state index contributed by atoms with van der Waals surface area (Å²) in [6.07, 6.45) is 5.23. The number of nitrogens with one attached hydrogen (secondary N) is 3. The van der Waals surface area contributed by atoms with Gasteiger partial charge < -0.3 is 10.3 Å². The number of carbonyl (C=O) groups is 1. The minimum Gasteiger partial charge on any atom is -0.360 e. The highest BCUT2D eigenvalue weighted by Crippen LogP contribution is 2.28. The van der Waals surface area contributed by atoms with E-state index < -0.39 is 0 Å². The molecule has 7 nitrogen and oxygen atoms in total. The molecule has 0 saturated heterocycles. The first kappa shape index (κ1) is 20.1. The van der Waals surface area contributed by atoms with E-state index in [2.05, 4.69) is 30.8 Å². The van der Waals surface area contributed by atoms with Crippen molar-refractivity contribution >= 4 is 34.7 Å². The summed E-state index contributed by atoms with van der Waals surface area (Å²) in [5, 5.41) is 8.30. The molecule has 3 N–H and O–H groups in total. The predicted octanol–water partition coefficient (Wildman–Crippen LogP) is 5.13. The van der Waals surface area contributed by atoms with Crippen LogP contribution in [-0.4, -0.2) is 27.1 Å². The van der Waals surface area contributed by atoms with Gasteiger partial charge in [-0.25, -0.2) is 15.4 Å². The molecule has 3 aromatic carbocycles. The topological polar surface area (TPSA) is 95.1 Å². The number of aromatic amines is 1. The highest BCUT2D eigenvalue weighted by Gasteiger charge is 2.13. The number of hydrazone groups is 1. The van der Waals surface area contributed by atoms with Crippen molar-refractivity contribution in [3.8, 4) is 11.3 Å². The van der Waals surface area contributed by atoms with Crippen molar-refractivity contribution in [2.45, 2.75) is 0 Å². The van der Waals surface area contributed by atoms with E-state index in [0.717, 1.165) is 27.7 Å². The average Bonchev–Trinajstić information content (AvgIpc) is 3.29. The van der Waals surface area contributed by atoms with Crippen LogP contribution >= 0.6 is 0 Å². The lowest BCUT2D eigenvalue weighted by atomic mass is 10.1. The summed E-state index contributed by atoms with van der Waals surface area (Å²) in [4.78, 5) is 25.0. The van der Waals surface area contributed by atoms with Crippen molar-refractivity contribution in [2.75, 3.05) is 5.32 Å². The molecule has 33 heavy (non-hydrogen) atoms. The zero-order chi connectivity index (χ0) is 22.5. The number of benzene rings is 3. The molecule has 0 unspecified atom stereocenters. The molecule has 7 heteroatoms. The number of aromatic nitrogens is 3. The molecular weight excluding hydrogens is 412 g/mol. The summed E-state index contributed by atoms with van der Waals surface area (Å²) in [7, 11) is 0. The molecule has 0 atom stereocenters. The van der Waals surface area contributed by atoms with Crippen LogP contribution in [0, 0.1) is 0 Å². The Hall–Kier alpha value is -4.78. The molecule has 160 valence electrons. The van der Waals surface area contributed by atoms with Crippen LogP contribution in [0.3, 0.4) is 0 Å². The number of nitrogens with zero attached hydrogens (tertiary/aromatic N) is 3. The van der Waals surface area contributed by atoms with Gasteiger partial charge in [-0.2, -0.15) is 5.10 Å². The number of hydrogen-bond acceptors (Lipinski definition) is 5. The largest absolute Gasteiger partial charge is 0.360 e. The lowest BCUT2D eigenvalue weighted by molar-refractivity contribution is 0.0956. The molecule has 2 aromatic heterocycles. The van der Waals surface area contributed by atoms with Gasteiger partial charge in [0.05, 0.1) is 23.2 Å². The number of rotatable bonds is 6. The first-order chi connectivity index (χ1) is 16.3. The molecule has 0 fully saturated rings. The van der Waals surface area contributed by atoms with Gasteiger partial charge in [0, 0.05) is 28.9 Å². The van der Waals surface area contributed by atoms with Crippen LogP contribution in [-0.2, 0) is 0 Å². The van der Waals surface area contributed by atoms with Crippen molar-refractivity contribution in [1.29, 1.82) is 0 Å². The second-order valence-electron chi connectivity index (χ2n) is 7.29. The zero-order valence-corrected chi connectivity index (χ0v) is 17.6. The van der Waals surface area contributed by atoms with Gasteiger partial charge in [-0.3, -0.25) is 4.79 Å². The third-order valence-electron chi connectivity index (χ3n) is 5.12. The average molecular weight is 432 g/mol. The van der Waals surface area contributed by atoms with E-state index in [1.807, 2.05) is 72.9 Å². The summed E-state index contributed by atoms with van der Waals surface area (Å²) < 4.78 is 0. The molecule has 0 spiro atoms. The number of carbonyl (C=O) groups excluding carboxylic acids is 1. The Morgan fingerprint density at radius 2 is 1.70 bits per heavy atom. The van der Waals surface area contributed by atoms with E-state index in [4.69, 9.17) is 0 Å². The van der Waals surface area contributed by atoms with Gasteiger partial charge in [0.25, 0.3) is 5.91 Å². The smallest absolute Gasteiger partial charge is 0.273 e. The first-order valence-corrected chi connectivity index (χ1v) is 10.4. The maximum Gasteiger partial charge on any atom is 0.273 e. The van der Waals surface area contributed by atoms with Gasteiger partial charge in [-0.05, 0) is 29.8 Å². The summed E-state index contributed by atoms with van der Waals surface area (Å²) in [5.41, 5.74) is 7.29.